The highest BCUT2D eigenvalue weighted by Gasteiger charge is 2.15. The lowest BCUT2D eigenvalue weighted by atomic mass is 10.1. The summed E-state index contributed by atoms with van der Waals surface area (Å²) >= 11 is 0. The van der Waals surface area contributed by atoms with Crippen molar-refractivity contribution in [3.05, 3.63) is 40.4 Å². The maximum Gasteiger partial charge on any atom is 0.417 e. The topological polar surface area (TPSA) is 114 Å². The summed E-state index contributed by atoms with van der Waals surface area (Å²) in [5, 5.41) is 0. The van der Waals surface area contributed by atoms with E-state index in [2.05, 4.69) is 14.7 Å². The lowest BCUT2D eigenvalue weighted by Gasteiger charge is -1.96. The first kappa shape index (κ1) is 12.1. The molecule has 0 spiro atoms. The SMILES string of the molecule is COC(=O)c1cc(-c2ccc3[nH]c(=O)oc3c2)[nH]c1N. The van der Waals surface area contributed by atoms with Crippen molar-refractivity contribution < 1.29 is 13.9 Å². The average molecular weight is 273 g/mol. The van der Waals surface area contributed by atoms with Gasteiger partial charge in [0.1, 0.15) is 11.4 Å². The largest absolute Gasteiger partial charge is 0.465 e. The number of nitrogens with one attached hydrogen (secondary N) is 2. The number of ether oxygens (including phenoxy) is 1. The van der Waals surface area contributed by atoms with Crippen LogP contribution in [0.25, 0.3) is 22.4 Å². The molecule has 3 rings (SSSR count). The molecule has 2 heterocycles. The van der Waals surface area contributed by atoms with Crippen LogP contribution >= 0.6 is 0 Å². The Morgan fingerprint density at radius 1 is 1.30 bits per heavy atom. The Morgan fingerprint density at radius 3 is 2.85 bits per heavy atom. The number of anilines is 1. The molecular weight excluding hydrogens is 262 g/mol. The van der Waals surface area contributed by atoms with Gasteiger partial charge in [-0.25, -0.2) is 9.59 Å². The minimum atomic E-state index is -0.515. The number of nitrogen functional groups attached to an aromatic ring is 1. The molecule has 0 saturated carbocycles. The molecule has 20 heavy (non-hydrogen) atoms. The Morgan fingerprint density at radius 2 is 2.10 bits per heavy atom. The Balaban J connectivity index is 2.10. The average Bonchev–Trinajstić information content (AvgIpc) is 2.98. The minimum Gasteiger partial charge on any atom is -0.465 e. The van der Waals surface area contributed by atoms with Gasteiger partial charge in [0.25, 0.3) is 0 Å². The number of aromatic nitrogens is 2. The number of oxazole rings is 1. The van der Waals surface area contributed by atoms with Crippen LogP contribution in [0.3, 0.4) is 0 Å². The fourth-order valence-corrected chi connectivity index (χ4v) is 2.02. The number of H-pyrrole nitrogens is 2. The number of rotatable bonds is 2. The van der Waals surface area contributed by atoms with E-state index in [4.69, 9.17) is 10.2 Å². The predicted octanol–water partition coefficient (Wildman–Crippen LogP) is 1.48. The van der Waals surface area contributed by atoms with Crippen LogP contribution in [-0.2, 0) is 4.74 Å². The highest BCUT2D eigenvalue weighted by atomic mass is 16.5. The van der Waals surface area contributed by atoms with E-state index in [1.165, 1.54) is 7.11 Å². The van der Waals surface area contributed by atoms with Gasteiger partial charge in [-0.2, -0.15) is 0 Å². The molecule has 4 N–H and O–H groups in total. The van der Waals surface area contributed by atoms with Gasteiger partial charge >= 0.3 is 11.7 Å². The lowest BCUT2D eigenvalue weighted by Crippen LogP contribution is -2.02. The first-order valence-electron chi connectivity index (χ1n) is 5.78. The summed E-state index contributed by atoms with van der Waals surface area (Å²) in [4.78, 5) is 28.1. The zero-order chi connectivity index (χ0) is 14.3. The normalized spacial score (nSPS) is 10.8. The molecule has 0 aliphatic heterocycles. The van der Waals surface area contributed by atoms with Crippen molar-refractivity contribution >= 4 is 22.9 Å². The molecule has 1 aromatic carbocycles. The van der Waals surface area contributed by atoms with Gasteiger partial charge in [0.2, 0.25) is 0 Å². The quantitative estimate of drug-likeness (QED) is 0.612. The number of carbonyl (C=O) groups is 1. The first-order valence-corrected chi connectivity index (χ1v) is 5.78. The van der Waals surface area contributed by atoms with Crippen molar-refractivity contribution in [2.75, 3.05) is 12.8 Å². The number of hydrogen-bond donors (Lipinski definition) is 3. The molecule has 0 unspecified atom stereocenters. The number of nitrogens with two attached hydrogens (primary N) is 1. The van der Waals surface area contributed by atoms with Crippen molar-refractivity contribution in [1.29, 1.82) is 0 Å². The Labute approximate surface area is 112 Å². The zero-order valence-corrected chi connectivity index (χ0v) is 10.5. The second kappa shape index (κ2) is 4.30. The van der Waals surface area contributed by atoms with E-state index in [9.17, 15) is 9.59 Å². The molecule has 0 radical (unpaired) electrons. The Hall–Kier alpha value is -2.96. The molecule has 0 amide bonds. The summed E-state index contributed by atoms with van der Waals surface area (Å²) in [7, 11) is 1.29. The number of methoxy groups -OCH3 is 1. The van der Waals surface area contributed by atoms with Gasteiger partial charge in [-0.15, -0.1) is 0 Å². The van der Waals surface area contributed by atoms with E-state index >= 15 is 0 Å². The summed E-state index contributed by atoms with van der Waals surface area (Å²) in [5.41, 5.74) is 8.40. The second-order valence-corrected chi connectivity index (χ2v) is 4.23. The molecule has 0 fully saturated rings. The van der Waals surface area contributed by atoms with E-state index in [1.807, 2.05) is 0 Å². The van der Waals surface area contributed by atoms with Gasteiger partial charge in [-0.1, -0.05) is 6.07 Å². The summed E-state index contributed by atoms with van der Waals surface area (Å²) in [6.07, 6.45) is 0. The van der Waals surface area contributed by atoms with Crippen LogP contribution in [0.15, 0.2) is 33.5 Å². The molecule has 7 heteroatoms. The van der Waals surface area contributed by atoms with Gasteiger partial charge < -0.3 is 19.9 Å². The number of carbonyl (C=O) groups excluding carboxylic acids is 1. The predicted molar refractivity (Wildman–Crippen MR) is 72.4 cm³/mol. The summed E-state index contributed by atoms with van der Waals surface area (Å²) in [5.74, 6) is -0.805. The van der Waals surface area contributed by atoms with E-state index in [0.29, 0.717) is 16.8 Å². The number of fused-ring (bicyclic) bond motifs is 1. The minimum absolute atomic E-state index is 0.225. The Kier molecular flexibility index (Phi) is 2.60. The van der Waals surface area contributed by atoms with Crippen LogP contribution in [0.5, 0.6) is 0 Å². The highest BCUT2D eigenvalue weighted by Crippen LogP contribution is 2.26. The third-order valence-electron chi connectivity index (χ3n) is 2.99. The summed E-state index contributed by atoms with van der Waals surface area (Å²) < 4.78 is 9.62. The zero-order valence-electron chi connectivity index (χ0n) is 10.5. The fraction of sp³-hybridized carbons (Fsp3) is 0.0769. The maximum atomic E-state index is 11.5. The summed E-state index contributed by atoms with van der Waals surface area (Å²) in [6, 6.07) is 6.76. The number of hydrogen-bond acceptors (Lipinski definition) is 5. The van der Waals surface area contributed by atoms with Gasteiger partial charge in [-0.05, 0) is 18.2 Å². The van der Waals surface area contributed by atoms with Gasteiger partial charge in [0, 0.05) is 11.3 Å². The molecule has 3 aromatic rings. The standard InChI is InChI=1S/C13H11N3O4/c1-19-12(17)7-5-9(15-11(7)14)6-2-3-8-10(4-6)20-13(18)16-8/h2-5,15H,14H2,1H3,(H,16,18). The van der Waals surface area contributed by atoms with Crippen LogP contribution in [0.4, 0.5) is 5.82 Å². The van der Waals surface area contributed by atoms with E-state index in [0.717, 1.165) is 5.56 Å². The monoisotopic (exact) mass is 273 g/mol. The second-order valence-electron chi connectivity index (χ2n) is 4.23. The van der Waals surface area contributed by atoms with Gasteiger partial charge in [0.15, 0.2) is 5.58 Å². The van der Waals surface area contributed by atoms with Crippen molar-refractivity contribution in [1.82, 2.24) is 9.97 Å². The van der Waals surface area contributed by atoms with E-state index in [1.54, 1.807) is 24.3 Å². The van der Waals surface area contributed by atoms with Crippen LogP contribution in [0.2, 0.25) is 0 Å². The molecule has 0 saturated heterocycles. The molecule has 0 atom stereocenters. The molecule has 102 valence electrons. The smallest absolute Gasteiger partial charge is 0.417 e. The van der Waals surface area contributed by atoms with Gasteiger partial charge in [0.05, 0.1) is 12.6 Å². The number of benzene rings is 1. The van der Waals surface area contributed by atoms with Crippen LogP contribution in [0, 0.1) is 0 Å². The van der Waals surface area contributed by atoms with Crippen molar-refractivity contribution in [2.24, 2.45) is 0 Å². The highest BCUT2D eigenvalue weighted by molar-refractivity contribution is 5.96. The third-order valence-corrected chi connectivity index (χ3v) is 2.99. The van der Waals surface area contributed by atoms with Gasteiger partial charge in [-0.3, -0.25) is 4.98 Å². The van der Waals surface area contributed by atoms with Crippen LogP contribution in [0.1, 0.15) is 10.4 Å². The Bertz CT molecular complexity index is 856. The summed E-state index contributed by atoms with van der Waals surface area (Å²) in [6.45, 7) is 0. The van der Waals surface area contributed by atoms with Crippen LogP contribution in [-0.4, -0.2) is 23.0 Å². The molecule has 7 nitrogen and oxygen atoms in total. The molecular formula is C13H11N3O4. The fourth-order valence-electron chi connectivity index (χ4n) is 2.02. The van der Waals surface area contributed by atoms with Crippen molar-refractivity contribution in [2.45, 2.75) is 0 Å². The van der Waals surface area contributed by atoms with Crippen molar-refractivity contribution in [3.8, 4) is 11.3 Å². The number of aromatic amines is 2. The molecule has 0 aliphatic carbocycles. The van der Waals surface area contributed by atoms with Crippen LogP contribution < -0.4 is 11.5 Å². The first-order chi connectivity index (χ1) is 9.58. The van der Waals surface area contributed by atoms with Crippen molar-refractivity contribution in [3.63, 3.8) is 0 Å². The lowest BCUT2D eigenvalue weighted by molar-refractivity contribution is 0.0602. The molecule has 2 aromatic heterocycles. The molecule has 0 bridgehead atoms. The van der Waals surface area contributed by atoms with E-state index in [-0.39, 0.29) is 11.4 Å². The maximum absolute atomic E-state index is 11.5. The third kappa shape index (κ3) is 1.85. The molecule has 0 aliphatic rings. The number of esters is 1. The van der Waals surface area contributed by atoms with E-state index < -0.39 is 11.7 Å².